The zero-order valence-electron chi connectivity index (χ0n) is 19.0. The Morgan fingerprint density at radius 2 is 1.68 bits per heavy atom. The maximum absolute atomic E-state index is 13.1. The first-order valence-electron chi connectivity index (χ1n) is 11.0. The number of hydrogen-bond donors (Lipinski definition) is 2. The Labute approximate surface area is 199 Å². The molecule has 1 atom stereocenters. The molecule has 0 bridgehead atoms. The molecule has 1 amide bonds. The van der Waals surface area contributed by atoms with E-state index >= 15 is 0 Å². The number of carbonyl (C=O) groups is 1. The van der Waals surface area contributed by atoms with Crippen molar-refractivity contribution in [1.82, 2.24) is 15.3 Å². The number of rotatable bonds is 8. The zero-order chi connectivity index (χ0) is 24.1. The van der Waals surface area contributed by atoms with Gasteiger partial charge in [-0.25, -0.2) is 13.4 Å². The van der Waals surface area contributed by atoms with E-state index in [4.69, 9.17) is 0 Å². The number of carbonyl (C=O) groups excluding carboxylic acids is 1. The lowest BCUT2D eigenvalue weighted by molar-refractivity contribution is 0.0933. The second kappa shape index (κ2) is 9.93. The highest BCUT2D eigenvalue weighted by atomic mass is 32.2. The second-order valence-electron chi connectivity index (χ2n) is 7.82. The van der Waals surface area contributed by atoms with E-state index in [0.29, 0.717) is 17.9 Å². The fourth-order valence-corrected chi connectivity index (χ4v) is 4.86. The van der Waals surface area contributed by atoms with Gasteiger partial charge in [0.1, 0.15) is 5.82 Å². The Balaban J connectivity index is 1.53. The number of imidazole rings is 1. The Morgan fingerprint density at radius 3 is 2.35 bits per heavy atom. The molecule has 3 aromatic carbocycles. The molecule has 0 spiro atoms. The largest absolute Gasteiger partial charge is 0.342 e. The van der Waals surface area contributed by atoms with Crippen molar-refractivity contribution in [1.29, 1.82) is 0 Å². The smallest absolute Gasteiger partial charge is 0.264 e. The van der Waals surface area contributed by atoms with Gasteiger partial charge in [0.05, 0.1) is 28.5 Å². The first-order valence-corrected chi connectivity index (χ1v) is 12.4. The lowest BCUT2D eigenvalue weighted by Crippen LogP contribution is -2.30. The summed E-state index contributed by atoms with van der Waals surface area (Å²) in [5, 5.41) is 2.96. The quantitative estimate of drug-likeness (QED) is 0.384. The number of amides is 1. The van der Waals surface area contributed by atoms with Crippen LogP contribution in [-0.2, 0) is 10.0 Å². The van der Waals surface area contributed by atoms with E-state index in [1.165, 1.54) is 23.5 Å². The van der Waals surface area contributed by atoms with E-state index in [2.05, 4.69) is 15.3 Å². The summed E-state index contributed by atoms with van der Waals surface area (Å²) >= 11 is 0. The lowest BCUT2D eigenvalue weighted by atomic mass is 10.1. The number of aromatic amines is 1. The number of para-hydroxylation sites is 1. The molecule has 0 fully saturated rings. The molecule has 8 heteroatoms. The molecule has 1 heterocycles. The van der Waals surface area contributed by atoms with Crippen LogP contribution in [-0.4, -0.2) is 31.3 Å². The van der Waals surface area contributed by atoms with Crippen LogP contribution in [0.15, 0.2) is 96.0 Å². The highest BCUT2D eigenvalue weighted by molar-refractivity contribution is 7.92. The van der Waals surface area contributed by atoms with Crippen molar-refractivity contribution in [3.05, 3.63) is 103 Å². The number of aromatic nitrogens is 2. The van der Waals surface area contributed by atoms with Crippen LogP contribution >= 0.6 is 0 Å². The SMILES string of the molecule is CCC(NC(=O)c1cccc(S(=O)(=O)N(C)c2ccccc2)c1)c1ncc(-c2ccccc2)[nH]1. The summed E-state index contributed by atoms with van der Waals surface area (Å²) in [6.45, 7) is 1.95. The molecule has 7 nitrogen and oxygen atoms in total. The standard InChI is InChI=1S/C26H26N4O3S/c1-3-23(25-27-18-24(28-25)19-11-6-4-7-12-19)29-26(31)20-13-10-16-22(17-20)34(32,33)30(2)21-14-8-5-9-15-21/h4-18,23H,3H2,1-2H3,(H,27,28)(H,29,31). The van der Waals surface area contributed by atoms with Crippen molar-refractivity contribution >= 4 is 21.6 Å². The lowest BCUT2D eigenvalue weighted by Gasteiger charge is -2.20. The van der Waals surface area contributed by atoms with E-state index in [1.807, 2.05) is 43.3 Å². The molecule has 4 aromatic rings. The van der Waals surface area contributed by atoms with E-state index < -0.39 is 10.0 Å². The molecule has 1 aromatic heterocycles. The molecule has 34 heavy (non-hydrogen) atoms. The van der Waals surface area contributed by atoms with Gasteiger partial charge in [0.2, 0.25) is 0 Å². The van der Waals surface area contributed by atoms with E-state index in [9.17, 15) is 13.2 Å². The van der Waals surface area contributed by atoms with Gasteiger partial charge >= 0.3 is 0 Å². The molecule has 174 valence electrons. The summed E-state index contributed by atoms with van der Waals surface area (Å²) in [6.07, 6.45) is 2.36. The molecular formula is C26H26N4O3S. The number of sulfonamides is 1. The molecule has 0 radical (unpaired) electrons. The maximum Gasteiger partial charge on any atom is 0.264 e. The van der Waals surface area contributed by atoms with Crippen molar-refractivity contribution < 1.29 is 13.2 Å². The number of H-pyrrole nitrogens is 1. The molecular weight excluding hydrogens is 448 g/mol. The third kappa shape index (κ3) is 4.87. The van der Waals surface area contributed by atoms with Crippen LogP contribution in [0.2, 0.25) is 0 Å². The Hall–Kier alpha value is -3.91. The minimum atomic E-state index is -3.83. The minimum Gasteiger partial charge on any atom is -0.342 e. The number of nitrogens with one attached hydrogen (secondary N) is 2. The molecule has 0 aliphatic rings. The number of benzene rings is 3. The topological polar surface area (TPSA) is 95.2 Å². The van der Waals surface area contributed by atoms with Crippen molar-refractivity contribution in [3.63, 3.8) is 0 Å². The van der Waals surface area contributed by atoms with Gasteiger partial charge in [-0.3, -0.25) is 9.10 Å². The number of nitrogens with zero attached hydrogens (tertiary/aromatic N) is 2. The van der Waals surface area contributed by atoms with Crippen molar-refractivity contribution in [3.8, 4) is 11.3 Å². The molecule has 2 N–H and O–H groups in total. The van der Waals surface area contributed by atoms with E-state index in [1.54, 1.807) is 42.6 Å². The van der Waals surface area contributed by atoms with Crippen molar-refractivity contribution in [2.45, 2.75) is 24.3 Å². The average Bonchev–Trinajstić information content (AvgIpc) is 3.38. The fraction of sp³-hybridized carbons (Fsp3) is 0.154. The van der Waals surface area contributed by atoms with Crippen LogP contribution in [0.25, 0.3) is 11.3 Å². The third-order valence-corrected chi connectivity index (χ3v) is 7.38. The van der Waals surface area contributed by atoms with Gasteiger partial charge in [-0.05, 0) is 42.3 Å². The summed E-state index contributed by atoms with van der Waals surface area (Å²) in [5.74, 6) is 0.270. The summed E-state index contributed by atoms with van der Waals surface area (Å²) in [7, 11) is -2.33. The molecule has 0 aliphatic carbocycles. The van der Waals surface area contributed by atoms with E-state index in [-0.39, 0.29) is 22.4 Å². The van der Waals surface area contributed by atoms with Gasteiger partial charge in [0.15, 0.2) is 0 Å². The Kier molecular flexibility index (Phi) is 6.79. The Morgan fingerprint density at radius 1 is 1.00 bits per heavy atom. The first kappa shape index (κ1) is 23.3. The van der Waals surface area contributed by atoms with Crippen molar-refractivity contribution in [2.75, 3.05) is 11.4 Å². The zero-order valence-corrected chi connectivity index (χ0v) is 19.8. The van der Waals surface area contributed by atoms with Gasteiger partial charge in [-0.2, -0.15) is 0 Å². The van der Waals surface area contributed by atoms with Crippen LogP contribution in [0, 0.1) is 0 Å². The summed E-state index contributed by atoms with van der Waals surface area (Å²) < 4.78 is 27.4. The van der Waals surface area contributed by atoms with Crippen LogP contribution in [0.1, 0.15) is 35.6 Å². The fourth-order valence-electron chi connectivity index (χ4n) is 3.62. The third-order valence-electron chi connectivity index (χ3n) is 5.60. The van der Waals surface area contributed by atoms with Gasteiger partial charge in [-0.15, -0.1) is 0 Å². The molecule has 0 aliphatic heterocycles. The Bertz CT molecular complexity index is 1370. The van der Waals surface area contributed by atoms with E-state index in [0.717, 1.165) is 11.3 Å². The summed E-state index contributed by atoms with van der Waals surface area (Å²) in [6, 6.07) is 24.3. The molecule has 0 saturated heterocycles. The minimum absolute atomic E-state index is 0.0453. The summed E-state index contributed by atoms with van der Waals surface area (Å²) in [4.78, 5) is 20.8. The van der Waals surface area contributed by atoms with Crippen LogP contribution in [0.5, 0.6) is 0 Å². The average molecular weight is 475 g/mol. The monoisotopic (exact) mass is 474 g/mol. The van der Waals surface area contributed by atoms with Gasteiger partial charge in [0, 0.05) is 12.6 Å². The van der Waals surface area contributed by atoms with Crippen molar-refractivity contribution in [2.24, 2.45) is 0 Å². The van der Waals surface area contributed by atoms with Crippen LogP contribution < -0.4 is 9.62 Å². The predicted molar refractivity (Wildman–Crippen MR) is 133 cm³/mol. The van der Waals surface area contributed by atoms with Crippen LogP contribution in [0.3, 0.4) is 0 Å². The summed E-state index contributed by atoms with van der Waals surface area (Å²) in [5.41, 5.74) is 2.66. The molecule has 0 saturated carbocycles. The molecule has 1 unspecified atom stereocenters. The van der Waals surface area contributed by atoms with Crippen LogP contribution in [0.4, 0.5) is 5.69 Å². The van der Waals surface area contributed by atoms with Gasteiger partial charge in [-0.1, -0.05) is 61.5 Å². The maximum atomic E-state index is 13.1. The van der Waals surface area contributed by atoms with Gasteiger partial charge < -0.3 is 10.3 Å². The highest BCUT2D eigenvalue weighted by Crippen LogP contribution is 2.24. The predicted octanol–water partition coefficient (Wildman–Crippen LogP) is 4.78. The number of anilines is 1. The normalized spacial score (nSPS) is 12.2. The molecule has 4 rings (SSSR count). The first-order chi connectivity index (χ1) is 16.4. The number of hydrogen-bond acceptors (Lipinski definition) is 4. The van der Waals surface area contributed by atoms with Gasteiger partial charge in [0.25, 0.3) is 15.9 Å². The second-order valence-corrected chi connectivity index (χ2v) is 9.79. The highest BCUT2D eigenvalue weighted by Gasteiger charge is 2.23.